The third-order valence-corrected chi connectivity index (χ3v) is 5.41. The van der Waals surface area contributed by atoms with E-state index >= 15 is 0 Å². The Morgan fingerprint density at radius 2 is 2.09 bits per heavy atom. The standard InChI is InChI=1S/C22H21ClF2N4O4/c23-14-9-12(1-2-15(14)24)10-27-22(31)20-28-17-4-3-16(25)19(18(17)21(30)29-20)33-7-5-13-11-26-6-8-32-13/h1-4,9,13,26H,5-8,10-11H2,(H,27,31)(H,28,29,30). The molecular weight excluding hydrogens is 458 g/mol. The van der Waals surface area contributed by atoms with Crippen LogP contribution in [0.15, 0.2) is 35.1 Å². The number of rotatable bonds is 7. The predicted molar refractivity (Wildman–Crippen MR) is 118 cm³/mol. The summed E-state index contributed by atoms with van der Waals surface area (Å²) in [6.07, 6.45) is 0.460. The highest BCUT2D eigenvalue weighted by Crippen LogP contribution is 2.25. The molecule has 0 aliphatic carbocycles. The molecule has 4 rings (SSSR count). The predicted octanol–water partition coefficient (Wildman–Crippen LogP) is 2.54. The summed E-state index contributed by atoms with van der Waals surface area (Å²) >= 11 is 5.74. The Morgan fingerprint density at radius 3 is 2.85 bits per heavy atom. The molecule has 0 bridgehead atoms. The van der Waals surface area contributed by atoms with Crippen LogP contribution in [0.2, 0.25) is 5.02 Å². The number of H-pyrrole nitrogens is 1. The molecular formula is C22H21ClF2N4O4. The van der Waals surface area contributed by atoms with Crippen molar-refractivity contribution < 1.29 is 23.0 Å². The lowest BCUT2D eigenvalue weighted by atomic mass is 10.2. The lowest BCUT2D eigenvalue weighted by Gasteiger charge is -2.23. The number of fused-ring (bicyclic) bond motifs is 1. The van der Waals surface area contributed by atoms with Crippen LogP contribution in [-0.2, 0) is 11.3 Å². The number of aromatic nitrogens is 2. The summed E-state index contributed by atoms with van der Waals surface area (Å²) in [5.74, 6) is -2.41. The van der Waals surface area contributed by atoms with E-state index in [1.807, 2.05) is 0 Å². The minimum absolute atomic E-state index is 0.0381. The molecule has 33 heavy (non-hydrogen) atoms. The molecule has 2 heterocycles. The van der Waals surface area contributed by atoms with Crippen LogP contribution in [0.1, 0.15) is 22.6 Å². The fourth-order valence-corrected chi connectivity index (χ4v) is 3.64. The number of nitrogens with one attached hydrogen (secondary N) is 3. The highest BCUT2D eigenvalue weighted by Gasteiger charge is 2.19. The van der Waals surface area contributed by atoms with Gasteiger partial charge in [-0.3, -0.25) is 9.59 Å². The average Bonchev–Trinajstić information content (AvgIpc) is 2.81. The summed E-state index contributed by atoms with van der Waals surface area (Å²) in [6.45, 7) is 2.23. The first-order chi connectivity index (χ1) is 15.9. The first-order valence-electron chi connectivity index (χ1n) is 10.3. The second kappa shape index (κ2) is 10.2. The van der Waals surface area contributed by atoms with Gasteiger partial charge in [0.05, 0.1) is 29.9 Å². The minimum Gasteiger partial charge on any atom is -0.489 e. The number of ether oxygens (including phenoxy) is 2. The van der Waals surface area contributed by atoms with Gasteiger partial charge in [0, 0.05) is 26.1 Å². The molecule has 1 fully saturated rings. The van der Waals surface area contributed by atoms with Crippen LogP contribution >= 0.6 is 11.6 Å². The van der Waals surface area contributed by atoms with Gasteiger partial charge in [0.1, 0.15) is 11.2 Å². The SMILES string of the molecule is O=C(NCc1ccc(F)c(Cl)c1)c1nc2ccc(F)c(OCCC3CNCCO3)c2c(=O)[nH]1. The van der Waals surface area contributed by atoms with Crippen molar-refractivity contribution in [3.05, 3.63) is 68.7 Å². The van der Waals surface area contributed by atoms with Gasteiger partial charge in [-0.15, -0.1) is 0 Å². The highest BCUT2D eigenvalue weighted by atomic mass is 35.5. The number of amides is 1. The molecule has 1 aliphatic rings. The van der Waals surface area contributed by atoms with E-state index in [0.717, 1.165) is 12.6 Å². The van der Waals surface area contributed by atoms with E-state index in [1.54, 1.807) is 0 Å². The Balaban J connectivity index is 1.49. The van der Waals surface area contributed by atoms with E-state index < -0.39 is 23.1 Å². The van der Waals surface area contributed by atoms with Crippen molar-refractivity contribution in [2.75, 3.05) is 26.3 Å². The van der Waals surface area contributed by atoms with Gasteiger partial charge in [-0.2, -0.15) is 0 Å². The quantitative estimate of drug-likeness (QED) is 0.482. The van der Waals surface area contributed by atoms with Crippen LogP contribution in [-0.4, -0.2) is 48.3 Å². The summed E-state index contributed by atoms with van der Waals surface area (Å²) < 4.78 is 38.9. The fraction of sp³-hybridized carbons (Fsp3) is 0.318. The molecule has 0 radical (unpaired) electrons. The molecule has 0 saturated carbocycles. The molecule has 1 aliphatic heterocycles. The molecule has 1 amide bonds. The molecule has 0 spiro atoms. The first kappa shape index (κ1) is 23.1. The van der Waals surface area contributed by atoms with Gasteiger partial charge in [-0.1, -0.05) is 17.7 Å². The van der Waals surface area contributed by atoms with Gasteiger partial charge in [0.2, 0.25) is 0 Å². The third kappa shape index (κ3) is 5.47. The summed E-state index contributed by atoms with van der Waals surface area (Å²) in [4.78, 5) is 31.7. The monoisotopic (exact) mass is 478 g/mol. The topological polar surface area (TPSA) is 105 Å². The zero-order valence-corrected chi connectivity index (χ0v) is 18.2. The van der Waals surface area contributed by atoms with Crippen molar-refractivity contribution in [2.45, 2.75) is 19.1 Å². The van der Waals surface area contributed by atoms with Crippen LogP contribution in [0.5, 0.6) is 5.75 Å². The maximum Gasteiger partial charge on any atom is 0.287 e. The Bertz CT molecular complexity index is 1230. The molecule has 174 valence electrons. The zero-order chi connectivity index (χ0) is 23.4. The Labute approximate surface area is 192 Å². The van der Waals surface area contributed by atoms with Crippen LogP contribution in [0.25, 0.3) is 10.9 Å². The minimum atomic E-state index is -0.708. The second-order valence-corrected chi connectivity index (χ2v) is 7.86. The van der Waals surface area contributed by atoms with Crippen molar-refractivity contribution in [2.24, 2.45) is 0 Å². The number of hydrogen-bond donors (Lipinski definition) is 3. The Morgan fingerprint density at radius 1 is 1.27 bits per heavy atom. The van der Waals surface area contributed by atoms with Gasteiger partial charge in [-0.05, 0) is 29.8 Å². The normalized spacial score (nSPS) is 16.0. The van der Waals surface area contributed by atoms with Crippen molar-refractivity contribution >= 4 is 28.4 Å². The van der Waals surface area contributed by atoms with Crippen molar-refractivity contribution in [3.8, 4) is 5.75 Å². The Hall–Kier alpha value is -3.08. The zero-order valence-electron chi connectivity index (χ0n) is 17.4. The van der Waals surface area contributed by atoms with E-state index in [-0.39, 0.29) is 46.8 Å². The smallest absolute Gasteiger partial charge is 0.287 e. The first-order valence-corrected chi connectivity index (χ1v) is 10.7. The molecule has 8 nitrogen and oxygen atoms in total. The molecule has 11 heteroatoms. The lowest BCUT2D eigenvalue weighted by molar-refractivity contribution is 0.0157. The molecule has 1 atom stereocenters. The number of morpholine rings is 1. The van der Waals surface area contributed by atoms with E-state index in [4.69, 9.17) is 21.1 Å². The second-order valence-electron chi connectivity index (χ2n) is 7.45. The van der Waals surface area contributed by atoms with Crippen LogP contribution < -0.4 is 20.9 Å². The molecule has 1 unspecified atom stereocenters. The fourth-order valence-electron chi connectivity index (χ4n) is 3.44. The van der Waals surface area contributed by atoms with Crippen molar-refractivity contribution in [3.63, 3.8) is 0 Å². The number of hydrogen-bond acceptors (Lipinski definition) is 6. The summed E-state index contributed by atoms with van der Waals surface area (Å²) in [6, 6.07) is 6.47. The number of carbonyl (C=O) groups excluding carboxylic acids is 1. The molecule has 1 saturated heterocycles. The number of nitrogens with zero attached hydrogens (tertiary/aromatic N) is 1. The average molecular weight is 479 g/mol. The van der Waals surface area contributed by atoms with Crippen molar-refractivity contribution in [1.82, 2.24) is 20.6 Å². The summed E-state index contributed by atoms with van der Waals surface area (Å²) in [5.41, 5.74) is -0.0337. The van der Waals surface area contributed by atoms with E-state index in [1.165, 1.54) is 24.3 Å². The lowest BCUT2D eigenvalue weighted by Crippen LogP contribution is -2.39. The van der Waals surface area contributed by atoms with Crippen LogP contribution in [0, 0.1) is 11.6 Å². The number of halogens is 3. The van der Waals surface area contributed by atoms with Gasteiger partial charge in [0.15, 0.2) is 17.4 Å². The molecule has 3 N–H and O–H groups in total. The summed E-state index contributed by atoms with van der Waals surface area (Å²) in [5, 5.41) is 5.61. The van der Waals surface area contributed by atoms with Gasteiger partial charge < -0.3 is 25.1 Å². The number of aromatic amines is 1. The molecule has 1 aromatic heterocycles. The maximum absolute atomic E-state index is 14.4. The van der Waals surface area contributed by atoms with Gasteiger partial charge >= 0.3 is 0 Å². The highest BCUT2D eigenvalue weighted by molar-refractivity contribution is 6.30. The largest absolute Gasteiger partial charge is 0.489 e. The van der Waals surface area contributed by atoms with E-state index in [9.17, 15) is 18.4 Å². The van der Waals surface area contributed by atoms with Crippen molar-refractivity contribution in [1.29, 1.82) is 0 Å². The maximum atomic E-state index is 14.4. The Kier molecular flexibility index (Phi) is 7.17. The summed E-state index contributed by atoms with van der Waals surface area (Å²) in [7, 11) is 0. The van der Waals surface area contributed by atoms with Gasteiger partial charge in [-0.25, -0.2) is 13.8 Å². The van der Waals surface area contributed by atoms with Gasteiger partial charge in [0.25, 0.3) is 11.5 Å². The van der Waals surface area contributed by atoms with E-state index in [2.05, 4.69) is 20.6 Å². The van der Waals surface area contributed by atoms with Crippen LogP contribution in [0.3, 0.4) is 0 Å². The number of benzene rings is 2. The third-order valence-electron chi connectivity index (χ3n) is 5.12. The molecule has 3 aromatic rings. The molecule has 2 aromatic carbocycles. The van der Waals surface area contributed by atoms with E-state index in [0.29, 0.717) is 25.1 Å². The number of carbonyl (C=O) groups is 1. The van der Waals surface area contributed by atoms with Crippen LogP contribution in [0.4, 0.5) is 8.78 Å².